The monoisotopic (exact) mass is 307 g/mol. The molecule has 0 N–H and O–H groups in total. The van der Waals surface area contributed by atoms with Crippen LogP contribution in [0.5, 0.6) is 0 Å². The lowest BCUT2D eigenvalue weighted by Crippen LogP contribution is -2.48. The molecule has 112 valence electrons. The van der Waals surface area contributed by atoms with Gasteiger partial charge in [-0.05, 0) is 18.6 Å². The van der Waals surface area contributed by atoms with E-state index in [1.807, 2.05) is 6.92 Å². The number of ether oxygens (including phenoxy) is 1. The van der Waals surface area contributed by atoms with E-state index < -0.39 is 11.7 Å². The van der Waals surface area contributed by atoms with Gasteiger partial charge in [0.25, 0.3) is 0 Å². The van der Waals surface area contributed by atoms with E-state index in [0.29, 0.717) is 31.1 Å². The van der Waals surface area contributed by atoms with Crippen molar-refractivity contribution in [2.45, 2.75) is 31.8 Å². The number of halogens is 4. The maximum atomic E-state index is 12.7. The Hall–Kier alpha value is -0.780. The third-order valence-corrected chi connectivity index (χ3v) is 3.79. The fraction of sp³-hybridized carbons (Fsp3) is 0.571. The predicted molar refractivity (Wildman–Crippen MR) is 71.8 cm³/mol. The highest BCUT2D eigenvalue weighted by molar-refractivity contribution is 6.18. The molecule has 0 amide bonds. The van der Waals surface area contributed by atoms with Crippen molar-refractivity contribution >= 4 is 11.6 Å². The van der Waals surface area contributed by atoms with E-state index in [2.05, 4.69) is 4.90 Å². The van der Waals surface area contributed by atoms with Gasteiger partial charge in [0.1, 0.15) is 0 Å². The molecule has 6 heteroatoms. The Kier molecular flexibility index (Phi) is 4.94. The molecule has 1 aliphatic heterocycles. The Morgan fingerprint density at radius 2 is 2.15 bits per heavy atom. The van der Waals surface area contributed by atoms with Gasteiger partial charge in [-0.2, -0.15) is 13.2 Å². The van der Waals surface area contributed by atoms with E-state index in [0.717, 1.165) is 6.07 Å². The molecule has 1 aromatic carbocycles. The quantitative estimate of drug-likeness (QED) is 0.792. The fourth-order valence-corrected chi connectivity index (χ4v) is 2.46. The van der Waals surface area contributed by atoms with Gasteiger partial charge in [-0.1, -0.05) is 18.2 Å². The van der Waals surface area contributed by atoms with Crippen LogP contribution in [-0.4, -0.2) is 36.1 Å². The summed E-state index contributed by atoms with van der Waals surface area (Å²) in [5, 5.41) is 0. The molecule has 0 aliphatic carbocycles. The molecule has 1 aromatic rings. The van der Waals surface area contributed by atoms with E-state index in [4.69, 9.17) is 16.3 Å². The molecule has 1 fully saturated rings. The molecule has 0 bridgehead atoms. The van der Waals surface area contributed by atoms with E-state index in [1.54, 1.807) is 6.07 Å². The third-order valence-electron chi connectivity index (χ3n) is 3.45. The van der Waals surface area contributed by atoms with Crippen LogP contribution < -0.4 is 0 Å². The molecule has 0 saturated carbocycles. The maximum Gasteiger partial charge on any atom is 0.416 e. The zero-order valence-electron chi connectivity index (χ0n) is 11.2. The predicted octanol–water partition coefficient (Wildman–Crippen LogP) is 3.53. The molecule has 20 heavy (non-hydrogen) atoms. The lowest BCUT2D eigenvalue weighted by Gasteiger charge is -2.37. The summed E-state index contributed by atoms with van der Waals surface area (Å²) in [5.41, 5.74) is 0.0479. The van der Waals surface area contributed by atoms with Crippen molar-refractivity contribution in [1.82, 2.24) is 4.90 Å². The number of alkyl halides is 4. The number of hydrogen-bond acceptors (Lipinski definition) is 2. The van der Waals surface area contributed by atoms with Crippen LogP contribution in [0.4, 0.5) is 13.2 Å². The second-order valence-corrected chi connectivity index (χ2v) is 5.39. The first kappa shape index (κ1) is 15.6. The lowest BCUT2D eigenvalue weighted by molar-refractivity contribution is -0.137. The van der Waals surface area contributed by atoms with Gasteiger partial charge in [0, 0.05) is 25.0 Å². The minimum atomic E-state index is -4.30. The highest BCUT2D eigenvalue weighted by Gasteiger charge is 2.31. The second-order valence-electron chi connectivity index (χ2n) is 5.09. The van der Waals surface area contributed by atoms with Crippen LogP contribution in [-0.2, 0) is 17.5 Å². The molecule has 0 radical (unpaired) electrons. The van der Waals surface area contributed by atoms with Gasteiger partial charge in [-0.15, -0.1) is 11.6 Å². The van der Waals surface area contributed by atoms with Gasteiger partial charge in [-0.3, -0.25) is 4.90 Å². The largest absolute Gasteiger partial charge is 0.416 e. The zero-order valence-corrected chi connectivity index (χ0v) is 11.9. The zero-order chi connectivity index (χ0) is 14.8. The van der Waals surface area contributed by atoms with Gasteiger partial charge in [0.2, 0.25) is 0 Å². The van der Waals surface area contributed by atoms with Crippen molar-refractivity contribution in [2.24, 2.45) is 0 Å². The summed E-state index contributed by atoms with van der Waals surface area (Å²) in [6.45, 7) is 3.66. The Labute approximate surface area is 121 Å². The number of hydrogen-bond donors (Lipinski definition) is 0. The summed E-state index contributed by atoms with van der Waals surface area (Å²) in [6.07, 6.45) is -4.36. The topological polar surface area (TPSA) is 12.5 Å². The van der Waals surface area contributed by atoms with Crippen LogP contribution in [0.1, 0.15) is 18.1 Å². The van der Waals surface area contributed by atoms with Crippen LogP contribution in [0.15, 0.2) is 24.3 Å². The average molecular weight is 308 g/mol. The molecular weight excluding hydrogens is 291 g/mol. The van der Waals surface area contributed by atoms with Crippen molar-refractivity contribution in [1.29, 1.82) is 0 Å². The molecule has 1 heterocycles. The summed E-state index contributed by atoms with van der Waals surface area (Å²) in [4.78, 5) is 2.10. The smallest absolute Gasteiger partial charge is 0.374 e. The van der Waals surface area contributed by atoms with E-state index in [-0.39, 0.29) is 12.1 Å². The van der Waals surface area contributed by atoms with Gasteiger partial charge in [0.05, 0.1) is 18.3 Å². The average Bonchev–Trinajstić information content (AvgIpc) is 2.41. The Balaban J connectivity index is 2.09. The molecule has 0 spiro atoms. The van der Waals surface area contributed by atoms with Gasteiger partial charge in [0.15, 0.2) is 0 Å². The van der Waals surface area contributed by atoms with Gasteiger partial charge >= 0.3 is 6.18 Å². The van der Waals surface area contributed by atoms with E-state index in [1.165, 1.54) is 12.1 Å². The van der Waals surface area contributed by atoms with E-state index >= 15 is 0 Å². The van der Waals surface area contributed by atoms with Gasteiger partial charge in [-0.25, -0.2) is 0 Å². The summed E-state index contributed by atoms with van der Waals surface area (Å²) >= 11 is 5.78. The standard InChI is InChI=1S/C14H17ClF3NO/c1-10-9-20-13(6-15)8-19(10)7-11-3-2-4-12(5-11)14(16,17)18/h2-5,10,13H,6-9H2,1H3. The fourth-order valence-electron chi connectivity index (χ4n) is 2.27. The first-order chi connectivity index (χ1) is 9.40. The van der Waals surface area contributed by atoms with E-state index in [9.17, 15) is 13.2 Å². The summed E-state index contributed by atoms with van der Waals surface area (Å²) in [7, 11) is 0. The highest BCUT2D eigenvalue weighted by atomic mass is 35.5. The lowest BCUT2D eigenvalue weighted by atomic mass is 10.1. The maximum absolute atomic E-state index is 12.7. The minimum absolute atomic E-state index is 0.0568. The van der Waals surface area contributed by atoms with Crippen LogP contribution >= 0.6 is 11.6 Å². The molecular formula is C14H17ClF3NO. The van der Waals surface area contributed by atoms with Crippen molar-refractivity contribution in [2.75, 3.05) is 19.0 Å². The molecule has 2 unspecified atom stereocenters. The van der Waals surface area contributed by atoms with Crippen molar-refractivity contribution in [3.8, 4) is 0 Å². The summed E-state index contributed by atoms with van der Waals surface area (Å²) in [5.74, 6) is 0.395. The minimum Gasteiger partial charge on any atom is -0.374 e. The van der Waals surface area contributed by atoms with Crippen molar-refractivity contribution in [3.63, 3.8) is 0 Å². The Morgan fingerprint density at radius 3 is 2.80 bits per heavy atom. The number of rotatable bonds is 3. The van der Waals surface area contributed by atoms with Crippen LogP contribution in [0.25, 0.3) is 0 Å². The second kappa shape index (κ2) is 6.33. The van der Waals surface area contributed by atoms with Crippen LogP contribution in [0, 0.1) is 0 Å². The highest BCUT2D eigenvalue weighted by Crippen LogP contribution is 2.30. The van der Waals surface area contributed by atoms with Crippen LogP contribution in [0.3, 0.4) is 0 Å². The third kappa shape index (κ3) is 3.87. The summed E-state index contributed by atoms with van der Waals surface area (Å²) < 4.78 is 43.6. The van der Waals surface area contributed by atoms with Crippen LogP contribution in [0.2, 0.25) is 0 Å². The number of nitrogens with zero attached hydrogens (tertiary/aromatic N) is 1. The first-order valence-corrected chi connectivity index (χ1v) is 7.01. The number of benzene rings is 1. The number of morpholine rings is 1. The molecule has 2 atom stereocenters. The van der Waals surface area contributed by atoms with Gasteiger partial charge < -0.3 is 4.74 Å². The van der Waals surface area contributed by atoms with Crippen molar-refractivity contribution < 1.29 is 17.9 Å². The SMILES string of the molecule is CC1COC(CCl)CN1Cc1cccc(C(F)(F)F)c1. The Bertz CT molecular complexity index is 452. The van der Waals surface area contributed by atoms with Crippen molar-refractivity contribution in [3.05, 3.63) is 35.4 Å². The molecule has 2 rings (SSSR count). The molecule has 1 aliphatic rings. The first-order valence-electron chi connectivity index (χ1n) is 6.48. The normalized spacial score (nSPS) is 24.9. The molecule has 1 saturated heterocycles. The Morgan fingerprint density at radius 1 is 1.40 bits per heavy atom. The molecule has 0 aromatic heterocycles. The molecule has 2 nitrogen and oxygen atoms in total. The summed E-state index contributed by atoms with van der Waals surface area (Å²) in [6, 6.07) is 5.63.